The topological polar surface area (TPSA) is 38.5 Å². The summed E-state index contributed by atoms with van der Waals surface area (Å²) in [5, 5.41) is 0. The Hall–Kier alpha value is -0.490. The Morgan fingerprint density at radius 1 is 1.55 bits per heavy atom. The minimum atomic E-state index is -0.237. The van der Waals surface area contributed by atoms with Crippen LogP contribution in [0.4, 0.5) is 4.39 Å². The zero-order valence-electron chi connectivity index (χ0n) is 11.8. The molecule has 2 N–H and O–H groups in total. The fourth-order valence-electron chi connectivity index (χ4n) is 2.77. The average Bonchev–Trinajstić information content (AvgIpc) is 2.93. The van der Waals surface area contributed by atoms with Crippen molar-refractivity contribution in [2.75, 3.05) is 26.2 Å². The van der Waals surface area contributed by atoms with E-state index < -0.39 is 0 Å². The highest BCUT2D eigenvalue weighted by molar-refractivity contribution is 9.10. The molecular formula is C15H22BrFN2O. The minimum absolute atomic E-state index is 0.0826. The highest BCUT2D eigenvalue weighted by Crippen LogP contribution is 2.29. The van der Waals surface area contributed by atoms with Gasteiger partial charge in [0.15, 0.2) is 0 Å². The van der Waals surface area contributed by atoms with E-state index in [-0.39, 0.29) is 11.9 Å². The van der Waals surface area contributed by atoms with E-state index >= 15 is 0 Å². The van der Waals surface area contributed by atoms with Crippen LogP contribution in [0.5, 0.6) is 0 Å². The zero-order chi connectivity index (χ0) is 14.5. The summed E-state index contributed by atoms with van der Waals surface area (Å²) in [6.07, 6.45) is 2.54. The van der Waals surface area contributed by atoms with Gasteiger partial charge in [-0.1, -0.05) is 28.9 Å². The third kappa shape index (κ3) is 3.79. The maximum absolute atomic E-state index is 13.2. The van der Waals surface area contributed by atoms with Gasteiger partial charge in [0.25, 0.3) is 0 Å². The van der Waals surface area contributed by atoms with E-state index in [0.717, 1.165) is 42.6 Å². The van der Waals surface area contributed by atoms with Crippen molar-refractivity contribution in [1.82, 2.24) is 4.90 Å². The van der Waals surface area contributed by atoms with Gasteiger partial charge in [0.1, 0.15) is 5.82 Å². The van der Waals surface area contributed by atoms with E-state index in [1.54, 1.807) is 0 Å². The van der Waals surface area contributed by atoms with Crippen LogP contribution in [0.15, 0.2) is 22.7 Å². The molecule has 0 aliphatic carbocycles. The molecule has 1 fully saturated rings. The Kier molecular flexibility index (Phi) is 5.96. The van der Waals surface area contributed by atoms with Crippen LogP contribution >= 0.6 is 15.9 Å². The van der Waals surface area contributed by atoms with Gasteiger partial charge in [-0.2, -0.15) is 0 Å². The first-order valence-corrected chi connectivity index (χ1v) is 7.95. The molecule has 0 amide bonds. The normalized spacial score (nSPS) is 20.6. The number of nitrogens with zero attached hydrogens (tertiary/aromatic N) is 1. The molecule has 1 heterocycles. The van der Waals surface area contributed by atoms with Gasteiger partial charge in [-0.05, 0) is 37.1 Å². The average molecular weight is 345 g/mol. The van der Waals surface area contributed by atoms with Crippen LogP contribution in [-0.4, -0.2) is 37.2 Å². The molecule has 0 spiro atoms. The van der Waals surface area contributed by atoms with Crippen LogP contribution < -0.4 is 5.73 Å². The number of ether oxygens (including phenoxy) is 1. The number of hydrogen-bond donors (Lipinski definition) is 1. The van der Waals surface area contributed by atoms with Crippen LogP contribution in [-0.2, 0) is 4.74 Å². The van der Waals surface area contributed by atoms with Gasteiger partial charge in [-0.15, -0.1) is 0 Å². The lowest BCUT2D eigenvalue weighted by Gasteiger charge is -2.32. The van der Waals surface area contributed by atoms with Crippen LogP contribution in [0.3, 0.4) is 0 Å². The van der Waals surface area contributed by atoms with E-state index in [1.807, 2.05) is 6.07 Å². The Bertz CT molecular complexity index is 438. The standard InChI is InChI=1S/C15H22BrFN2O/c1-2-19(10-12-4-3-7-20-12)15(9-18)13-6-5-11(17)8-14(13)16/h5-6,8,12,15H,2-4,7,9-10,18H2,1H3. The fourth-order valence-corrected chi connectivity index (χ4v) is 3.39. The molecule has 2 rings (SSSR count). The lowest BCUT2D eigenvalue weighted by Crippen LogP contribution is -2.39. The molecule has 5 heteroatoms. The third-order valence-electron chi connectivity index (χ3n) is 3.85. The predicted octanol–water partition coefficient (Wildman–Crippen LogP) is 3.09. The van der Waals surface area contributed by atoms with Gasteiger partial charge in [-0.25, -0.2) is 4.39 Å². The first kappa shape index (κ1) is 15.9. The van der Waals surface area contributed by atoms with Crippen molar-refractivity contribution in [3.63, 3.8) is 0 Å². The SMILES string of the molecule is CCN(CC1CCCO1)C(CN)c1ccc(F)cc1Br. The molecule has 2 atom stereocenters. The van der Waals surface area contributed by atoms with Crippen molar-refractivity contribution in [2.45, 2.75) is 31.9 Å². The molecule has 1 aromatic rings. The zero-order valence-corrected chi connectivity index (χ0v) is 13.4. The highest BCUT2D eigenvalue weighted by atomic mass is 79.9. The molecule has 1 aliphatic rings. The smallest absolute Gasteiger partial charge is 0.124 e. The van der Waals surface area contributed by atoms with Gasteiger partial charge in [0.2, 0.25) is 0 Å². The molecule has 0 radical (unpaired) electrons. The summed E-state index contributed by atoms with van der Waals surface area (Å²) in [5.74, 6) is -0.237. The van der Waals surface area contributed by atoms with Crippen LogP contribution in [0.1, 0.15) is 31.4 Å². The molecule has 1 saturated heterocycles. The summed E-state index contributed by atoms with van der Waals surface area (Å²) < 4.78 is 19.7. The van der Waals surface area contributed by atoms with Crippen molar-refractivity contribution in [3.05, 3.63) is 34.1 Å². The number of hydrogen-bond acceptors (Lipinski definition) is 3. The number of nitrogens with two attached hydrogens (primary N) is 1. The molecule has 1 aromatic carbocycles. The van der Waals surface area contributed by atoms with E-state index in [4.69, 9.17) is 10.5 Å². The lowest BCUT2D eigenvalue weighted by molar-refractivity contribution is 0.0600. The Balaban J connectivity index is 2.15. The van der Waals surface area contributed by atoms with Gasteiger partial charge >= 0.3 is 0 Å². The van der Waals surface area contributed by atoms with E-state index in [9.17, 15) is 4.39 Å². The van der Waals surface area contributed by atoms with Crippen molar-refractivity contribution < 1.29 is 9.13 Å². The first-order valence-electron chi connectivity index (χ1n) is 7.16. The van der Waals surface area contributed by atoms with Gasteiger partial charge in [-0.3, -0.25) is 4.90 Å². The van der Waals surface area contributed by atoms with Crippen LogP contribution in [0, 0.1) is 5.82 Å². The van der Waals surface area contributed by atoms with Gasteiger partial charge in [0.05, 0.1) is 6.10 Å². The van der Waals surface area contributed by atoms with Gasteiger partial charge in [0, 0.05) is 30.2 Å². The molecule has 0 bridgehead atoms. The Morgan fingerprint density at radius 3 is 2.90 bits per heavy atom. The molecule has 1 aliphatic heterocycles. The van der Waals surface area contributed by atoms with Crippen molar-refractivity contribution in [2.24, 2.45) is 5.73 Å². The third-order valence-corrected chi connectivity index (χ3v) is 4.54. The minimum Gasteiger partial charge on any atom is -0.377 e. The summed E-state index contributed by atoms with van der Waals surface area (Å²) in [4.78, 5) is 2.31. The molecule has 112 valence electrons. The summed E-state index contributed by atoms with van der Waals surface area (Å²) in [7, 11) is 0. The second-order valence-electron chi connectivity index (χ2n) is 5.14. The van der Waals surface area contributed by atoms with Crippen molar-refractivity contribution in [3.8, 4) is 0 Å². The summed E-state index contributed by atoms with van der Waals surface area (Å²) in [6.45, 7) is 5.25. The number of halogens is 2. The van der Waals surface area contributed by atoms with Crippen molar-refractivity contribution >= 4 is 15.9 Å². The fraction of sp³-hybridized carbons (Fsp3) is 0.600. The molecular weight excluding hydrogens is 323 g/mol. The first-order chi connectivity index (χ1) is 9.65. The maximum Gasteiger partial charge on any atom is 0.124 e. The maximum atomic E-state index is 13.2. The lowest BCUT2D eigenvalue weighted by atomic mass is 10.0. The van der Waals surface area contributed by atoms with Crippen LogP contribution in [0.2, 0.25) is 0 Å². The summed E-state index contributed by atoms with van der Waals surface area (Å²) >= 11 is 3.45. The quantitative estimate of drug-likeness (QED) is 0.861. The summed E-state index contributed by atoms with van der Waals surface area (Å²) in [6, 6.07) is 4.88. The number of rotatable bonds is 6. The highest BCUT2D eigenvalue weighted by Gasteiger charge is 2.25. The van der Waals surface area contributed by atoms with Crippen molar-refractivity contribution in [1.29, 1.82) is 0 Å². The molecule has 0 aromatic heterocycles. The predicted molar refractivity (Wildman–Crippen MR) is 82.1 cm³/mol. The van der Waals surface area contributed by atoms with E-state index in [2.05, 4.69) is 27.8 Å². The second-order valence-corrected chi connectivity index (χ2v) is 5.99. The molecule has 2 unspecified atom stereocenters. The van der Waals surface area contributed by atoms with Crippen LogP contribution in [0.25, 0.3) is 0 Å². The Morgan fingerprint density at radius 2 is 2.35 bits per heavy atom. The monoisotopic (exact) mass is 344 g/mol. The van der Waals surface area contributed by atoms with Gasteiger partial charge < -0.3 is 10.5 Å². The second kappa shape index (κ2) is 7.50. The van der Waals surface area contributed by atoms with E-state index in [0.29, 0.717) is 12.6 Å². The number of likely N-dealkylation sites (N-methyl/N-ethyl adjacent to an activating group) is 1. The summed E-state index contributed by atoms with van der Waals surface area (Å²) in [5.41, 5.74) is 7.00. The largest absolute Gasteiger partial charge is 0.377 e. The Labute approximate surface area is 128 Å². The molecule has 0 saturated carbocycles. The molecule has 3 nitrogen and oxygen atoms in total. The van der Waals surface area contributed by atoms with E-state index in [1.165, 1.54) is 12.1 Å². The molecule has 20 heavy (non-hydrogen) atoms. The number of benzene rings is 1.